The largest absolute Gasteiger partial charge is 0.328 e. The van der Waals surface area contributed by atoms with Crippen molar-refractivity contribution >= 4 is 0 Å². The molecule has 16 heavy (non-hydrogen) atoms. The van der Waals surface area contributed by atoms with Crippen LogP contribution in [0.25, 0.3) is 0 Å². The van der Waals surface area contributed by atoms with Gasteiger partial charge in [0.25, 0.3) is 0 Å². The molecular weight excluding hydrogens is 201 g/mol. The number of alkyl halides is 1. The molecule has 1 aromatic carbocycles. The van der Waals surface area contributed by atoms with Gasteiger partial charge in [0.2, 0.25) is 0 Å². The van der Waals surface area contributed by atoms with Gasteiger partial charge in [0, 0.05) is 12.5 Å². The lowest BCUT2D eigenvalue weighted by molar-refractivity contribution is 0.0995. The number of halogens is 1. The third kappa shape index (κ3) is 2.82. The Morgan fingerprint density at radius 1 is 1.25 bits per heavy atom. The third-order valence-corrected chi connectivity index (χ3v) is 3.57. The summed E-state index contributed by atoms with van der Waals surface area (Å²) < 4.78 is 14.5. The first-order valence-electron chi connectivity index (χ1n) is 6.07. The Bertz CT molecular complexity index is 336. The zero-order valence-corrected chi connectivity index (χ0v) is 9.88. The van der Waals surface area contributed by atoms with E-state index in [9.17, 15) is 4.39 Å². The molecule has 0 amide bonds. The maximum absolute atomic E-state index is 14.5. The molecule has 0 unspecified atom stereocenters. The van der Waals surface area contributed by atoms with Gasteiger partial charge in [-0.05, 0) is 38.2 Å². The minimum absolute atomic E-state index is 0.210. The molecule has 1 aliphatic carbocycles. The molecular formula is C14H20FN. The number of aryl methyl sites for hydroxylation is 1. The van der Waals surface area contributed by atoms with Crippen LogP contribution in [-0.4, -0.2) is 11.7 Å². The van der Waals surface area contributed by atoms with Gasteiger partial charge in [0.05, 0.1) is 0 Å². The van der Waals surface area contributed by atoms with Crippen LogP contribution in [0.4, 0.5) is 4.39 Å². The second-order valence-corrected chi connectivity index (χ2v) is 5.15. The molecule has 0 saturated heterocycles. The highest BCUT2D eigenvalue weighted by molar-refractivity contribution is 5.23. The van der Waals surface area contributed by atoms with Crippen LogP contribution in [0, 0.1) is 6.92 Å². The van der Waals surface area contributed by atoms with Gasteiger partial charge in [-0.2, -0.15) is 0 Å². The molecule has 1 aromatic rings. The summed E-state index contributed by atoms with van der Waals surface area (Å²) in [5, 5.41) is 0. The van der Waals surface area contributed by atoms with Crippen molar-refractivity contribution in [1.82, 2.24) is 0 Å². The molecule has 1 aliphatic rings. The van der Waals surface area contributed by atoms with Crippen LogP contribution in [0.3, 0.4) is 0 Å². The van der Waals surface area contributed by atoms with E-state index < -0.39 is 5.67 Å². The predicted octanol–water partition coefficient (Wildman–Crippen LogP) is 3.15. The Morgan fingerprint density at radius 3 is 2.38 bits per heavy atom. The average molecular weight is 221 g/mol. The lowest BCUT2D eigenvalue weighted by atomic mass is 9.80. The van der Waals surface area contributed by atoms with Crippen molar-refractivity contribution in [3.63, 3.8) is 0 Å². The lowest BCUT2D eigenvalue weighted by Gasteiger charge is -2.32. The molecule has 2 heteroatoms. The highest BCUT2D eigenvalue weighted by Gasteiger charge is 2.34. The Labute approximate surface area is 96.9 Å². The highest BCUT2D eigenvalue weighted by atomic mass is 19.1. The standard InChI is InChI=1S/C14H20FN/c1-11-2-4-12(5-3-11)10-14(15)8-6-13(16)7-9-14/h2-5,13H,6-10,16H2,1H3. The van der Waals surface area contributed by atoms with Crippen LogP contribution < -0.4 is 5.73 Å². The summed E-state index contributed by atoms with van der Waals surface area (Å²) in [7, 11) is 0. The van der Waals surface area contributed by atoms with Gasteiger partial charge in [-0.3, -0.25) is 0 Å². The van der Waals surface area contributed by atoms with Crippen LogP contribution in [0.5, 0.6) is 0 Å². The minimum atomic E-state index is -1.02. The number of hydrogen-bond acceptors (Lipinski definition) is 1. The number of nitrogens with two attached hydrogens (primary N) is 1. The second-order valence-electron chi connectivity index (χ2n) is 5.15. The first-order chi connectivity index (χ1) is 7.57. The monoisotopic (exact) mass is 221 g/mol. The predicted molar refractivity (Wildman–Crippen MR) is 65.2 cm³/mol. The van der Waals surface area contributed by atoms with Crippen molar-refractivity contribution in [3.05, 3.63) is 35.4 Å². The summed E-state index contributed by atoms with van der Waals surface area (Å²) in [5.41, 5.74) is 7.10. The number of rotatable bonds is 2. The summed E-state index contributed by atoms with van der Waals surface area (Å²) >= 11 is 0. The van der Waals surface area contributed by atoms with Gasteiger partial charge >= 0.3 is 0 Å². The first kappa shape index (κ1) is 11.6. The smallest absolute Gasteiger partial charge is 0.115 e. The molecule has 0 aromatic heterocycles. The van der Waals surface area contributed by atoms with Crippen LogP contribution in [-0.2, 0) is 6.42 Å². The summed E-state index contributed by atoms with van der Waals surface area (Å²) in [4.78, 5) is 0. The van der Waals surface area contributed by atoms with Gasteiger partial charge in [0.1, 0.15) is 5.67 Å². The average Bonchev–Trinajstić information content (AvgIpc) is 2.27. The Morgan fingerprint density at radius 2 is 1.81 bits per heavy atom. The zero-order valence-electron chi connectivity index (χ0n) is 9.88. The quantitative estimate of drug-likeness (QED) is 0.815. The van der Waals surface area contributed by atoms with Crippen LogP contribution >= 0.6 is 0 Å². The Balaban J connectivity index is 2.00. The fraction of sp³-hybridized carbons (Fsp3) is 0.571. The van der Waals surface area contributed by atoms with E-state index in [1.807, 2.05) is 24.3 Å². The van der Waals surface area contributed by atoms with E-state index in [1.165, 1.54) is 5.56 Å². The Hall–Kier alpha value is -0.890. The molecule has 0 heterocycles. The molecule has 2 rings (SSSR count). The zero-order chi connectivity index (χ0) is 11.6. The Kier molecular flexibility index (Phi) is 3.29. The molecule has 88 valence electrons. The van der Waals surface area contributed by atoms with E-state index in [-0.39, 0.29) is 6.04 Å². The van der Waals surface area contributed by atoms with Crippen molar-refractivity contribution in [3.8, 4) is 0 Å². The maximum Gasteiger partial charge on any atom is 0.115 e. The van der Waals surface area contributed by atoms with E-state index in [4.69, 9.17) is 5.73 Å². The maximum atomic E-state index is 14.5. The van der Waals surface area contributed by atoms with E-state index in [0.717, 1.165) is 18.4 Å². The van der Waals surface area contributed by atoms with Crippen molar-refractivity contribution in [2.24, 2.45) is 5.73 Å². The van der Waals surface area contributed by atoms with Crippen LogP contribution in [0.15, 0.2) is 24.3 Å². The molecule has 1 fully saturated rings. The van der Waals surface area contributed by atoms with E-state index in [0.29, 0.717) is 19.3 Å². The SMILES string of the molecule is Cc1ccc(CC2(F)CCC(N)CC2)cc1. The van der Waals surface area contributed by atoms with Crippen LogP contribution in [0.2, 0.25) is 0 Å². The summed E-state index contributed by atoms with van der Waals surface area (Å²) in [6, 6.07) is 8.37. The molecule has 1 nitrogen and oxygen atoms in total. The van der Waals surface area contributed by atoms with Crippen molar-refractivity contribution in [2.45, 2.75) is 50.7 Å². The minimum Gasteiger partial charge on any atom is -0.328 e. The van der Waals surface area contributed by atoms with E-state index >= 15 is 0 Å². The summed E-state index contributed by atoms with van der Waals surface area (Å²) in [6.45, 7) is 2.05. The highest BCUT2D eigenvalue weighted by Crippen LogP contribution is 2.34. The lowest BCUT2D eigenvalue weighted by Crippen LogP contribution is -2.37. The first-order valence-corrected chi connectivity index (χ1v) is 6.07. The second kappa shape index (κ2) is 4.54. The molecule has 0 aliphatic heterocycles. The molecule has 0 bridgehead atoms. The van der Waals surface area contributed by atoms with E-state index in [2.05, 4.69) is 6.92 Å². The number of hydrogen-bond donors (Lipinski definition) is 1. The molecule has 0 spiro atoms. The molecule has 1 saturated carbocycles. The van der Waals surface area contributed by atoms with Gasteiger partial charge < -0.3 is 5.73 Å². The fourth-order valence-corrected chi connectivity index (χ4v) is 2.41. The van der Waals surface area contributed by atoms with Crippen molar-refractivity contribution in [1.29, 1.82) is 0 Å². The van der Waals surface area contributed by atoms with Gasteiger partial charge in [-0.1, -0.05) is 29.8 Å². The number of benzene rings is 1. The normalized spacial score (nSPS) is 30.3. The molecule has 2 N–H and O–H groups in total. The van der Waals surface area contributed by atoms with Gasteiger partial charge in [-0.25, -0.2) is 4.39 Å². The van der Waals surface area contributed by atoms with Crippen molar-refractivity contribution < 1.29 is 4.39 Å². The molecule has 0 atom stereocenters. The van der Waals surface area contributed by atoms with Gasteiger partial charge in [0.15, 0.2) is 0 Å². The van der Waals surface area contributed by atoms with Gasteiger partial charge in [-0.15, -0.1) is 0 Å². The van der Waals surface area contributed by atoms with E-state index in [1.54, 1.807) is 0 Å². The third-order valence-electron chi connectivity index (χ3n) is 3.57. The van der Waals surface area contributed by atoms with Crippen molar-refractivity contribution in [2.75, 3.05) is 0 Å². The molecule has 0 radical (unpaired) electrons. The van der Waals surface area contributed by atoms with Crippen LogP contribution in [0.1, 0.15) is 36.8 Å². The summed E-state index contributed by atoms with van der Waals surface area (Å²) in [5.74, 6) is 0. The topological polar surface area (TPSA) is 26.0 Å². The fourth-order valence-electron chi connectivity index (χ4n) is 2.41. The summed E-state index contributed by atoms with van der Waals surface area (Å²) in [6.07, 6.45) is 3.41.